The molecule has 0 fully saturated rings. The first-order valence-corrected chi connectivity index (χ1v) is 6.42. The molecule has 0 saturated carbocycles. The van der Waals surface area contributed by atoms with E-state index in [0.29, 0.717) is 6.54 Å². The number of hydrogen-bond donors (Lipinski definition) is 2. The van der Waals surface area contributed by atoms with Crippen LogP contribution in [0.5, 0.6) is 0 Å². The first kappa shape index (κ1) is 12.6. The summed E-state index contributed by atoms with van der Waals surface area (Å²) < 4.78 is 5.27. The summed E-state index contributed by atoms with van der Waals surface area (Å²) in [5, 5.41) is 13.2. The third-order valence-corrected chi connectivity index (χ3v) is 3.12. The van der Waals surface area contributed by atoms with Crippen molar-refractivity contribution in [3.05, 3.63) is 24.2 Å². The molecule has 86 valence electrons. The highest BCUT2D eigenvalue weighted by Gasteiger charge is 2.20. The minimum absolute atomic E-state index is 0.133. The molecular formula is C11H19NO2S. The summed E-state index contributed by atoms with van der Waals surface area (Å²) in [6, 6.07) is 3.93. The van der Waals surface area contributed by atoms with E-state index in [4.69, 9.17) is 4.42 Å². The van der Waals surface area contributed by atoms with Crippen LogP contribution in [-0.4, -0.2) is 29.3 Å². The van der Waals surface area contributed by atoms with Gasteiger partial charge in [0.15, 0.2) is 0 Å². The largest absolute Gasteiger partial charge is 0.468 e. The summed E-state index contributed by atoms with van der Waals surface area (Å²) in [7, 11) is 0. The maximum atomic E-state index is 9.95. The van der Waals surface area contributed by atoms with E-state index < -0.39 is 5.60 Å². The van der Waals surface area contributed by atoms with Crippen molar-refractivity contribution >= 4 is 11.8 Å². The lowest BCUT2D eigenvalue weighted by Gasteiger charge is -2.24. The minimum Gasteiger partial charge on any atom is -0.468 e. The lowest BCUT2D eigenvalue weighted by atomic mass is 10.1. The quantitative estimate of drug-likeness (QED) is 0.783. The van der Waals surface area contributed by atoms with Crippen molar-refractivity contribution in [2.75, 3.05) is 18.6 Å². The summed E-state index contributed by atoms with van der Waals surface area (Å²) in [4.78, 5) is 0. The van der Waals surface area contributed by atoms with Crippen molar-refractivity contribution in [2.24, 2.45) is 0 Å². The zero-order chi connectivity index (χ0) is 11.3. The summed E-state index contributed by atoms with van der Waals surface area (Å²) in [6.07, 6.45) is 3.65. The van der Waals surface area contributed by atoms with Gasteiger partial charge in [0.1, 0.15) is 5.76 Å². The predicted octanol–water partition coefficient (Wildman–Crippen LogP) is 2.04. The van der Waals surface area contributed by atoms with Gasteiger partial charge in [0.2, 0.25) is 0 Å². The third kappa shape index (κ3) is 4.28. The van der Waals surface area contributed by atoms with Crippen LogP contribution in [0.3, 0.4) is 0 Å². The van der Waals surface area contributed by atoms with E-state index in [9.17, 15) is 5.11 Å². The van der Waals surface area contributed by atoms with Crippen LogP contribution in [0.4, 0.5) is 0 Å². The second-order valence-electron chi connectivity index (χ2n) is 4.05. The summed E-state index contributed by atoms with van der Waals surface area (Å²) >= 11 is 1.64. The van der Waals surface area contributed by atoms with Crippen LogP contribution in [0.1, 0.15) is 25.6 Å². The highest BCUT2D eigenvalue weighted by atomic mass is 32.2. The Kier molecular flexibility index (Phi) is 4.70. The Morgan fingerprint density at radius 1 is 1.67 bits per heavy atom. The lowest BCUT2D eigenvalue weighted by Crippen LogP contribution is -2.40. The van der Waals surface area contributed by atoms with E-state index in [-0.39, 0.29) is 6.04 Å². The smallest absolute Gasteiger partial charge is 0.120 e. The van der Waals surface area contributed by atoms with Crippen LogP contribution in [0.2, 0.25) is 0 Å². The van der Waals surface area contributed by atoms with Crippen LogP contribution in [-0.2, 0) is 0 Å². The minimum atomic E-state index is -0.666. The van der Waals surface area contributed by atoms with Gasteiger partial charge in [-0.15, -0.1) is 0 Å². The van der Waals surface area contributed by atoms with E-state index in [1.54, 1.807) is 18.0 Å². The standard InChI is InChI=1S/C11H19NO2S/c1-9(10-5-4-6-14-10)12-7-11(2,13)8-15-3/h4-6,9,12-13H,7-8H2,1-3H3. The van der Waals surface area contributed by atoms with E-state index in [1.165, 1.54) is 0 Å². The van der Waals surface area contributed by atoms with Gasteiger partial charge < -0.3 is 14.8 Å². The number of nitrogens with one attached hydrogen (secondary N) is 1. The van der Waals surface area contributed by atoms with Gasteiger partial charge >= 0.3 is 0 Å². The maximum absolute atomic E-state index is 9.95. The maximum Gasteiger partial charge on any atom is 0.120 e. The average molecular weight is 229 g/mol. The molecule has 0 aliphatic rings. The SMILES string of the molecule is CSCC(C)(O)CNC(C)c1ccco1. The number of thioether (sulfide) groups is 1. The molecule has 1 heterocycles. The molecule has 0 saturated heterocycles. The molecule has 3 nitrogen and oxygen atoms in total. The van der Waals surface area contributed by atoms with Crippen LogP contribution in [0.15, 0.2) is 22.8 Å². The summed E-state index contributed by atoms with van der Waals surface area (Å²) in [5.41, 5.74) is -0.666. The van der Waals surface area contributed by atoms with Crippen LogP contribution in [0, 0.1) is 0 Å². The number of hydrogen-bond acceptors (Lipinski definition) is 4. The average Bonchev–Trinajstić information content (AvgIpc) is 2.67. The molecule has 0 aromatic carbocycles. The fourth-order valence-corrected chi connectivity index (χ4v) is 2.10. The number of rotatable bonds is 6. The summed E-state index contributed by atoms with van der Waals surface area (Å²) in [6.45, 7) is 4.43. The fourth-order valence-electron chi connectivity index (χ4n) is 1.37. The second kappa shape index (κ2) is 5.58. The van der Waals surface area contributed by atoms with Gasteiger partial charge in [-0.25, -0.2) is 0 Å². The first-order chi connectivity index (χ1) is 7.05. The van der Waals surface area contributed by atoms with E-state index >= 15 is 0 Å². The third-order valence-electron chi connectivity index (χ3n) is 2.21. The molecule has 2 atom stereocenters. The van der Waals surface area contributed by atoms with Gasteiger partial charge in [0.25, 0.3) is 0 Å². The molecule has 0 aliphatic carbocycles. The molecule has 2 unspecified atom stereocenters. The second-order valence-corrected chi connectivity index (χ2v) is 4.91. The van der Waals surface area contributed by atoms with Gasteiger partial charge in [0.05, 0.1) is 17.9 Å². The summed E-state index contributed by atoms with van der Waals surface area (Å²) in [5.74, 6) is 1.63. The molecule has 1 aromatic rings. The van der Waals surface area contributed by atoms with Gasteiger partial charge in [0, 0.05) is 12.3 Å². The van der Waals surface area contributed by atoms with Crippen LogP contribution in [0.25, 0.3) is 0 Å². The van der Waals surface area contributed by atoms with Gasteiger partial charge in [-0.2, -0.15) is 11.8 Å². The van der Waals surface area contributed by atoms with Crippen molar-refractivity contribution in [3.8, 4) is 0 Å². The molecule has 0 amide bonds. The van der Waals surface area contributed by atoms with Crippen LogP contribution >= 0.6 is 11.8 Å². The van der Waals surface area contributed by atoms with E-state index in [0.717, 1.165) is 11.5 Å². The Bertz CT molecular complexity index is 272. The zero-order valence-corrected chi connectivity index (χ0v) is 10.3. The topological polar surface area (TPSA) is 45.4 Å². The Balaban J connectivity index is 2.37. The Hall–Kier alpha value is -0.450. The van der Waals surface area contributed by atoms with E-state index in [1.807, 2.05) is 32.2 Å². The Morgan fingerprint density at radius 3 is 2.93 bits per heavy atom. The molecule has 0 aliphatic heterocycles. The van der Waals surface area contributed by atoms with Gasteiger partial charge in [-0.05, 0) is 32.2 Å². The Labute approximate surface area is 95.2 Å². The number of aliphatic hydroxyl groups is 1. The van der Waals surface area contributed by atoms with Gasteiger partial charge in [-0.3, -0.25) is 0 Å². The fraction of sp³-hybridized carbons (Fsp3) is 0.636. The van der Waals surface area contributed by atoms with Crippen molar-refractivity contribution in [3.63, 3.8) is 0 Å². The molecular weight excluding hydrogens is 210 g/mol. The van der Waals surface area contributed by atoms with Gasteiger partial charge in [-0.1, -0.05) is 0 Å². The highest BCUT2D eigenvalue weighted by Crippen LogP contribution is 2.15. The molecule has 0 radical (unpaired) electrons. The van der Waals surface area contributed by atoms with E-state index in [2.05, 4.69) is 5.32 Å². The molecule has 2 N–H and O–H groups in total. The van der Waals surface area contributed by atoms with Crippen LogP contribution < -0.4 is 5.32 Å². The highest BCUT2D eigenvalue weighted by molar-refractivity contribution is 7.98. The first-order valence-electron chi connectivity index (χ1n) is 5.03. The van der Waals surface area contributed by atoms with Crippen molar-refractivity contribution in [2.45, 2.75) is 25.5 Å². The molecule has 0 spiro atoms. The van der Waals surface area contributed by atoms with Crippen molar-refractivity contribution in [1.29, 1.82) is 0 Å². The number of furan rings is 1. The monoisotopic (exact) mass is 229 g/mol. The molecule has 1 aromatic heterocycles. The predicted molar refractivity (Wildman–Crippen MR) is 64.1 cm³/mol. The van der Waals surface area contributed by atoms with Crippen molar-refractivity contribution < 1.29 is 9.52 Å². The lowest BCUT2D eigenvalue weighted by molar-refractivity contribution is 0.0812. The zero-order valence-electron chi connectivity index (χ0n) is 9.49. The molecule has 4 heteroatoms. The molecule has 15 heavy (non-hydrogen) atoms. The van der Waals surface area contributed by atoms with Crippen molar-refractivity contribution in [1.82, 2.24) is 5.32 Å². The Morgan fingerprint density at radius 2 is 2.40 bits per heavy atom. The molecule has 1 rings (SSSR count). The molecule has 0 bridgehead atoms. The normalized spacial score (nSPS) is 17.3.